The standard InChI is InChI=1S/C24H29N3O4/c1-2-3-4-7-14-31-19-12-10-17(11-13-19)23(28)26-22(24(29)27-30)15-18-16-25-21-9-6-5-8-20(18)21/h5-6,8-13,16,22,25,30H,2-4,7,14-15H2,1H3,(H,26,28)(H,27,29)/t22-/m0/s1. The lowest BCUT2D eigenvalue weighted by molar-refractivity contribution is -0.131. The fourth-order valence-corrected chi connectivity index (χ4v) is 3.47. The van der Waals surface area contributed by atoms with Gasteiger partial charge in [-0.3, -0.25) is 14.8 Å². The van der Waals surface area contributed by atoms with Crippen LogP contribution in [0.5, 0.6) is 5.75 Å². The van der Waals surface area contributed by atoms with Gasteiger partial charge in [0.15, 0.2) is 0 Å². The maximum atomic E-state index is 12.7. The fourth-order valence-electron chi connectivity index (χ4n) is 3.47. The smallest absolute Gasteiger partial charge is 0.266 e. The van der Waals surface area contributed by atoms with Gasteiger partial charge in [0.2, 0.25) is 0 Å². The van der Waals surface area contributed by atoms with E-state index in [9.17, 15) is 9.59 Å². The Hall–Kier alpha value is -3.32. The highest BCUT2D eigenvalue weighted by atomic mass is 16.5. The number of carbonyl (C=O) groups is 2. The van der Waals surface area contributed by atoms with E-state index in [-0.39, 0.29) is 6.42 Å². The average Bonchev–Trinajstić information content (AvgIpc) is 3.21. The number of hydroxylamine groups is 1. The molecule has 164 valence electrons. The normalized spacial score (nSPS) is 11.8. The number of fused-ring (bicyclic) bond motifs is 1. The van der Waals surface area contributed by atoms with Crippen molar-refractivity contribution < 1.29 is 19.5 Å². The molecule has 3 rings (SSSR count). The quantitative estimate of drug-likeness (QED) is 0.213. The molecule has 2 amide bonds. The van der Waals surface area contributed by atoms with Gasteiger partial charge in [-0.25, -0.2) is 5.48 Å². The molecular weight excluding hydrogens is 394 g/mol. The second-order valence-electron chi connectivity index (χ2n) is 7.50. The second-order valence-corrected chi connectivity index (χ2v) is 7.50. The fraction of sp³-hybridized carbons (Fsp3) is 0.333. The lowest BCUT2D eigenvalue weighted by atomic mass is 10.0. The number of nitrogens with one attached hydrogen (secondary N) is 3. The molecule has 0 fully saturated rings. The van der Waals surface area contributed by atoms with Gasteiger partial charge < -0.3 is 15.0 Å². The lowest BCUT2D eigenvalue weighted by Gasteiger charge is -2.17. The summed E-state index contributed by atoms with van der Waals surface area (Å²) in [5.74, 6) is -0.370. The van der Waals surface area contributed by atoms with Crippen molar-refractivity contribution >= 4 is 22.7 Å². The molecule has 1 aromatic heterocycles. The highest BCUT2D eigenvalue weighted by molar-refractivity contribution is 5.97. The topological polar surface area (TPSA) is 103 Å². The molecule has 0 saturated heterocycles. The third kappa shape index (κ3) is 6.08. The molecule has 1 heterocycles. The van der Waals surface area contributed by atoms with Gasteiger partial charge in [-0.15, -0.1) is 0 Å². The van der Waals surface area contributed by atoms with E-state index in [1.54, 1.807) is 35.9 Å². The first-order valence-corrected chi connectivity index (χ1v) is 10.6. The molecule has 0 unspecified atom stereocenters. The number of rotatable bonds is 11. The molecule has 1 atom stereocenters. The van der Waals surface area contributed by atoms with Crippen LogP contribution in [0.3, 0.4) is 0 Å². The van der Waals surface area contributed by atoms with Crippen molar-refractivity contribution in [3.05, 3.63) is 65.9 Å². The number of para-hydroxylation sites is 1. The Morgan fingerprint density at radius 1 is 1.06 bits per heavy atom. The molecule has 0 saturated carbocycles. The number of unbranched alkanes of at least 4 members (excludes halogenated alkanes) is 3. The van der Waals surface area contributed by atoms with Crippen LogP contribution < -0.4 is 15.5 Å². The molecule has 0 bridgehead atoms. The monoisotopic (exact) mass is 423 g/mol. The van der Waals surface area contributed by atoms with Crippen LogP contribution in [-0.4, -0.2) is 34.7 Å². The first-order chi connectivity index (χ1) is 15.1. The minimum absolute atomic E-state index is 0.237. The van der Waals surface area contributed by atoms with Gasteiger partial charge in [0.25, 0.3) is 11.8 Å². The molecule has 3 aromatic rings. The minimum Gasteiger partial charge on any atom is -0.494 e. The predicted octanol–water partition coefficient (Wildman–Crippen LogP) is 3.97. The molecule has 0 aliphatic heterocycles. The number of H-pyrrole nitrogens is 1. The van der Waals surface area contributed by atoms with E-state index in [1.165, 1.54) is 12.8 Å². The molecule has 0 aliphatic rings. The lowest BCUT2D eigenvalue weighted by Crippen LogP contribution is -2.47. The first kappa shape index (κ1) is 22.4. The SMILES string of the molecule is CCCCCCOc1ccc(C(=O)N[C@@H](Cc2c[nH]c3ccccc23)C(=O)NO)cc1. The van der Waals surface area contributed by atoms with Gasteiger partial charge in [0, 0.05) is 29.1 Å². The highest BCUT2D eigenvalue weighted by Crippen LogP contribution is 2.19. The van der Waals surface area contributed by atoms with Crippen molar-refractivity contribution in [2.45, 2.75) is 45.1 Å². The molecule has 31 heavy (non-hydrogen) atoms. The summed E-state index contributed by atoms with van der Waals surface area (Å²) in [5.41, 5.74) is 3.87. The number of amides is 2. The summed E-state index contributed by atoms with van der Waals surface area (Å²) in [6.07, 6.45) is 6.56. The van der Waals surface area contributed by atoms with E-state index in [0.717, 1.165) is 29.3 Å². The van der Waals surface area contributed by atoms with Crippen LogP contribution in [0.25, 0.3) is 10.9 Å². The molecule has 2 aromatic carbocycles. The van der Waals surface area contributed by atoms with E-state index in [1.807, 2.05) is 24.3 Å². The van der Waals surface area contributed by atoms with Crippen LogP contribution in [0.2, 0.25) is 0 Å². The van der Waals surface area contributed by atoms with Crippen LogP contribution in [0.1, 0.15) is 48.5 Å². The van der Waals surface area contributed by atoms with Gasteiger partial charge in [-0.2, -0.15) is 0 Å². The molecule has 7 heteroatoms. The molecule has 0 aliphatic carbocycles. The number of hydrogen-bond acceptors (Lipinski definition) is 4. The van der Waals surface area contributed by atoms with Gasteiger partial charge >= 0.3 is 0 Å². The largest absolute Gasteiger partial charge is 0.494 e. The van der Waals surface area contributed by atoms with E-state index in [2.05, 4.69) is 17.2 Å². The summed E-state index contributed by atoms with van der Waals surface area (Å²) in [5, 5.41) is 12.8. The molecule has 7 nitrogen and oxygen atoms in total. The Balaban J connectivity index is 1.62. The number of ether oxygens (including phenoxy) is 1. The Morgan fingerprint density at radius 3 is 2.58 bits per heavy atom. The van der Waals surface area contributed by atoms with Crippen molar-refractivity contribution in [2.24, 2.45) is 0 Å². The van der Waals surface area contributed by atoms with Gasteiger partial charge in [0.1, 0.15) is 11.8 Å². The zero-order chi connectivity index (χ0) is 22.1. The number of aromatic nitrogens is 1. The molecule has 4 N–H and O–H groups in total. The van der Waals surface area contributed by atoms with Crippen LogP contribution in [0, 0.1) is 0 Å². The van der Waals surface area contributed by atoms with Crippen LogP contribution in [0.15, 0.2) is 54.7 Å². The summed E-state index contributed by atoms with van der Waals surface area (Å²) in [4.78, 5) is 28.0. The Morgan fingerprint density at radius 2 is 1.84 bits per heavy atom. The van der Waals surface area contributed by atoms with E-state index in [0.29, 0.717) is 17.9 Å². The predicted molar refractivity (Wildman–Crippen MR) is 119 cm³/mol. The van der Waals surface area contributed by atoms with Gasteiger partial charge in [-0.05, 0) is 42.3 Å². The van der Waals surface area contributed by atoms with Crippen molar-refractivity contribution in [3.8, 4) is 5.75 Å². The maximum Gasteiger partial charge on any atom is 0.266 e. The number of hydrogen-bond donors (Lipinski definition) is 4. The first-order valence-electron chi connectivity index (χ1n) is 10.6. The Bertz CT molecular complexity index is 997. The van der Waals surface area contributed by atoms with Crippen molar-refractivity contribution in [1.29, 1.82) is 0 Å². The highest BCUT2D eigenvalue weighted by Gasteiger charge is 2.23. The Kier molecular flexibility index (Phi) is 8.06. The van der Waals surface area contributed by atoms with E-state index in [4.69, 9.17) is 9.94 Å². The van der Waals surface area contributed by atoms with Gasteiger partial charge in [-0.1, -0.05) is 44.4 Å². The number of carbonyl (C=O) groups excluding carboxylic acids is 2. The Labute approximate surface area is 181 Å². The molecular formula is C24H29N3O4. The van der Waals surface area contributed by atoms with E-state index >= 15 is 0 Å². The maximum absolute atomic E-state index is 12.7. The van der Waals surface area contributed by atoms with Crippen molar-refractivity contribution in [2.75, 3.05) is 6.61 Å². The van der Waals surface area contributed by atoms with Gasteiger partial charge in [0.05, 0.1) is 6.61 Å². The third-order valence-electron chi connectivity index (χ3n) is 5.21. The van der Waals surface area contributed by atoms with Crippen LogP contribution in [-0.2, 0) is 11.2 Å². The average molecular weight is 424 g/mol. The van der Waals surface area contributed by atoms with E-state index < -0.39 is 17.9 Å². The number of aromatic amines is 1. The minimum atomic E-state index is -0.925. The summed E-state index contributed by atoms with van der Waals surface area (Å²) in [6, 6.07) is 13.6. The zero-order valence-corrected chi connectivity index (χ0v) is 17.7. The van der Waals surface area contributed by atoms with Crippen LogP contribution >= 0.6 is 0 Å². The summed E-state index contributed by atoms with van der Waals surface area (Å²) >= 11 is 0. The molecule has 0 radical (unpaired) electrons. The summed E-state index contributed by atoms with van der Waals surface area (Å²) in [7, 11) is 0. The zero-order valence-electron chi connectivity index (χ0n) is 17.7. The van der Waals surface area contributed by atoms with Crippen molar-refractivity contribution in [1.82, 2.24) is 15.8 Å². The second kappa shape index (κ2) is 11.2. The number of benzene rings is 2. The van der Waals surface area contributed by atoms with Crippen molar-refractivity contribution in [3.63, 3.8) is 0 Å². The van der Waals surface area contributed by atoms with Crippen LogP contribution in [0.4, 0.5) is 0 Å². The summed E-state index contributed by atoms with van der Waals surface area (Å²) < 4.78 is 5.70. The summed E-state index contributed by atoms with van der Waals surface area (Å²) in [6.45, 7) is 2.81. The molecule has 0 spiro atoms. The third-order valence-corrected chi connectivity index (χ3v) is 5.21.